The lowest BCUT2D eigenvalue weighted by molar-refractivity contribution is -0.167. The van der Waals surface area contributed by atoms with Gasteiger partial charge in [0.15, 0.2) is 6.10 Å². The van der Waals surface area contributed by atoms with Crippen LogP contribution >= 0.6 is 0 Å². The van der Waals surface area contributed by atoms with E-state index >= 15 is 0 Å². The van der Waals surface area contributed by atoms with Crippen molar-refractivity contribution in [3.05, 3.63) is 24.3 Å². The first kappa shape index (κ1) is 73.9. The van der Waals surface area contributed by atoms with Gasteiger partial charge in [-0.25, -0.2) is 0 Å². The van der Waals surface area contributed by atoms with Gasteiger partial charge in [-0.05, 0) is 70.6 Å². The van der Waals surface area contributed by atoms with Gasteiger partial charge < -0.3 is 14.2 Å². The van der Waals surface area contributed by atoms with E-state index in [0.717, 1.165) is 70.6 Å². The fourth-order valence-corrected chi connectivity index (χ4v) is 10.5. The monoisotopic (exact) mass is 1070 g/mol. The smallest absolute Gasteiger partial charge is 0.306 e. The van der Waals surface area contributed by atoms with Gasteiger partial charge in [0.25, 0.3) is 0 Å². The summed E-state index contributed by atoms with van der Waals surface area (Å²) in [6.07, 6.45) is 79.4. The molecule has 0 aliphatic carbocycles. The minimum absolute atomic E-state index is 0.0726. The molecule has 6 heteroatoms. The maximum atomic E-state index is 12.9. The van der Waals surface area contributed by atoms with E-state index in [2.05, 4.69) is 45.1 Å². The molecule has 0 fully saturated rings. The highest BCUT2D eigenvalue weighted by atomic mass is 16.6. The van der Waals surface area contributed by atoms with Crippen LogP contribution < -0.4 is 0 Å². The number of allylic oxidation sites excluding steroid dienone is 4. The van der Waals surface area contributed by atoms with Crippen molar-refractivity contribution >= 4 is 17.9 Å². The first-order valence-corrected chi connectivity index (χ1v) is 34.3. The Bertz CT molecular complexity index is 1230. The maximum Gasteiger partial charge on any atom is 0.306 e. The van der Waals surface area contributed by atoms with Crippen molar-refractivity contribution in [1.29, 1.82) is 0 Å². The number of unbranched alkanes of at least 4 members (excludes halogenated alkanes) is 49. The molecule has 448 valence electrons. The van der Waals surface area contributed by atoms with E-state index in [0.29, 0.717) is 19.3 Å². The standard InChI is InChI=1S/C70H132O6/c1-4-7-10-13-16-19-22-25-27-28-29-30-31-32-33-34-35-36-37-38-39-40-41-42-43-44-46-48-51-54-57-60-63-69(72)75-66-67(65-74-68(71)62-59-56-53-50-47-24-21-18-15-12-9-6-3)76-70(73)64-61-58-55-52-49-45-26-23-20-17-14-11-8-5-2/h18,21,23,26,67H,4-17,19-20,22,24-25,27-66H2,1-3H3/b21-18-,26-23-. The van der Waals surface area contributed by atoms with Gasteiger partial charge in [0.05, 0.1) is 0 Å². The highest BCUT2D eigenvalue weighted by Crippen LogP contribution is 2.19. The zero-order valence-corrected chi connectivity index (χ0v) is 51.6. The minimum Gasteiger partial charge on any atom is -0.462 e. The summed E-state index contributed by atoms with van der Waals surface area (Å²) >= 11 is 0. The third-order valence-electron chi connectivity index (χ3n) is 15.7. The average molecular weight is 1070 g/mol. The molecule has 0 spiro atoms. The molecule has 0 aliphatic rings. The topological polar surface area (TPSA) is 78.9 Å². The normalized spacial score (nSPS) is 12.1. The highest BCUT2D eigenvalue weighted by Gasteiger charge is 2.19. The van der Waals surface area contributed by atoms with Gasteiger partial charge in [0, 0.05) is 19.3 Å². The van der Waals surface area contributed by atoms with Crippen molar-refractivity contribution < 1.29 is 28.6 Å². The SMILES string of the molecule is CCCCC/C=C\CCCCCCCC(=O)OCC(COC(=O)CCCCCCCCCCCCCCCCCCCCCCCCCCCCCCCCCC)OC(=O)CCCCCCC/C=C\CCCCCCC. The lowest BCUT2D eigenvalue weighted by Gasteiger charge is -2.18. The largest absolute Gasteiger partial charge is 0.462 e. The van der Waals surface area contributed by atoms with Crippen LogP contribution in [0.2, 0.25) is 0 Å². The van der Waals surface area contributed by atoms with Crippen molar-refractivity contribution in [3.63, 3.8) is 0 Å². The Balaban J connectivity index is 4.05. The number of rotatable bonds is 64. The first-order valence-electron chi connectivity index (χ1n) is 34.3. The van der Waals surface area contributed by atoms with Crippen LogP contribution in [0.5, 0.6) is 0 Å². The summed E-state index contributed by atoms with van der Waals surface area (Å²) in [6.45, 7) is 6.65. The van der Waals surface area contributed by atoms with Crippen molar-refractivity contribution in [1.82, 2.24) is 0 Å². The Morgan fingerprint density at radius 3 is 0.684 bits per heavy atom. The van der Waals surface area contributed by atoms with Gasteiger partial charge in [-0.3, -0.25) is 14.4 Å². The van der Waals surface area contributed by atoms with Crippen molar-refractivity contribution in [3.8, 4) is 0 Å². The minimum atomic E-state index is -0.776. The summed E-state index contributed by atoms with van der Waals surface area (Å²) in [4.78, 5) is 38.2. The quantitative estimate of drug-likeness (QED) is 0.0261. The molecular formula is C70H132O6. The summed E-state index contributed by atoms with van der Waals surface area (Å²) in [5, 5.41) is 0. The summed E-state index contributed by atoms with van der Waals surface area (Å²) in [5.74, 6) is -0.867. The molecule has 0 amide bonds. The molecule has 1 unspecified atom stereocenters. The lowest BCUT2D eigenvalue weighted by Crippen LogP contribution is -2.30. The average Bonchev–Trinajstić information content (AvgIpc) is 3.42. The predicted octanol–water partition coefficient (Wildman–Crippen LogP) is 23.4. The third kappa shape index (κ3) is 62.7. The number of ether oxygens (including phenoxy) is 3. The zero-order valence-electron chi connectivity index (χ0n) is 51.6. The number of carbonyl (C=O) groups is 3. The van der Waals surface area contributed by atoms with E-state index in [1.165, 1.54) is 276 Å². The van der Waals surface area contributed by atoms with E-state index in [1.807, 2.05) is 0 Å². The summed E-state index contributed by atoms with van der Waals surface area (Å²) < 4.78 is 16.9. The number of hydrogen-bond acceptors (Lipinski definition) is 6. The van der Waals surface area contributed by atoms with E-state index in [-0.39, 0.29) is 31.1 Å². The fraction of sp³-hybridized carbons (Fsp3) is 0.900. The molecule has 0 aromatic carbocycles. The van der Waals surface area contributed by atoms with Crippen LogP contribution in [0.15, 0.2) is 24.3 Å². The molecule has 0 aromatic rings. The molecule has 76 heavy (non-hydrogen) atoms. The van der Waals surface area contributed by atoms with E-state index in [1.54, 1.807) is 0 Å². The van der Waals surface area contributed by atoms with Crippen molar-refractivity contribution in [2.75, 3.05) is 13.2 Å². The second-order valence-corrected chi connectivity index (χ2v) is 23.4. The van der Waals surface area contributed by atoms with Crippen LogP contribution in [0.3, 0.4) is 0 Å². The summed E-state index contributed by atoms with van der Waals surface area (Å²) in [5.41, 5.74) is 0. The third-order valence-corrected chi connectivity index (χ3v) is 15.7. The molecule has 0 N–H and O–H groups in total. The molecule has 0 radical (unpaired) electrons. The fourth-order valence-electron chi connectivity index (χ4n) is 10.5. The van der Waals surface area contributed by atoms with Crippen LogP contribution in [0, 0.1) is 0 Å². The van der Waals surface area contributed by atoms with Crippen LogP contribution in [0.25, 0.3) is 0 Å². The van der Waals surface area contributed by atoms with E-state index in [9.17, 15) is 14.4 Å². The van der Waals surface area contributed by atoms with Gasteiger partial charge >= 0.3 is 17.9 Å². The van der Waals surface area contributed by atoms with Crippen LogP contribution in [0.4, 0.5) is 0 Å². The Morgan fingerprint density at radius 1 is 0.250 bits per heavy atom. The summed E-state index contributed by atoms with van der Waals surface area (Å²) in [6, 6.07) is 0. The second kappa shape index (κ2) is 65.4. The molecular weight excluding hydrogens is 937 g/mol. The molecule has 1 atom stereocenters. The van der Waals surface area contributed by atoms with Gasteiger partial charge in [-0.15, -0.1) is 0 Å². The number of carbonyl (C=O) groups excluding carboxylic acids is 3. The highest BCUT2D eigenvalue weighted by molar-refractivity contribution is 5.71. The van der Waals surface area contributed by atoms with Gasteiger partial charge in [-0.1, -0.05) is 321 Å². The van der Waals surface area contributed by atoms with Gasteiger partial charge in [-0.2, -0.15) is 0 Å². The predicted molar refractivity (Wildman–Crippen MR) is 330 cm³/mol. The molecule has 0 heterocycles. The molecule has 0 bridgehead atoms. The molecule has 0 saturated heterocycles. The van der Waals surface area contributed by atoms with Gasteiger partial charge in [0.2, 0.25) is 0 Å². The molecule has 0 saturated carbocycles. The van der Waals surface area contributed by atoms with Crippen LogP contribution in [-0.4, -0.2) is 37.2 Å². The number of esters is 3. The lowest BCUT2D eigenvalue weighted by atomic mass is 10.0. The first-order chi connectivity index (χ1) is 37.5. The van der Waals surface area contributed by atoms with Crippen LogP contribution in [-0.2, 0) is 28.6 Å². The molecule has 0 aliphatic heterocycles. The Labute approximate surface area is 474 Å². The zero-order chi connectivity index (χ0) is 55.0. The second-order valence-electron chi connectivity index (χ2n) is 23.4. The Morgan fingerprint density at radius 2 is 0.434 bits per heavy atom. The van der Waals surface area contributed by atoms with Crippen LogP contribution in [0.1, 0.15) is 387 Å². The van der Waals surface area contributed by atoms with Crippen molar-refractivity contribution in [2.24, 2.45) is 0 Å². The van der Waals surface area contributed by atoms with Crippen molar-refractivity contribution in [2.45, 2.75) is 393 Å². The van der Waals surface area contributed by atoms with E-state index in [4.69, 9.17) is 14.2 Å². The molecule has 6 nitrogen and oxygen atoms in total. The van der Waals surface area contributed by atoms with E-state index < -0.39 is 6.10 Å². The molecule has 0 rings (SSSR count). The Kier molecular flexibility index (Phi) is 63.6. The summed E-state index contributed by atoms with van der Waals surface area (Å²) in [7, 11) is 0. The maximum absolute atomic E-state index is 12.9. The Hall–Kier alpha value is -2.11. The molecule has 0 aromatic heterocycles. The van der Waals surface area contributed by atoms with Gasteiger partial charge in [0.1, 0.15) is 13.2 Å². The number of hydrogen-bond donors (Lipinski definition) is 0.